The van der Waals surface area contributed by atoms with E-state index < -0.39 is 0 Å². The van der Waals surface area contributed by atoms with Crippen LogP contribution in [0.15, 0.2) is 43.0 Å². The van der Waals surface area contributed by atoms with Crippen LogP contribution < -0.4 is 5.32 Å². The summed E-state index contributed by atoms with van der Waals surface area (Å²) in [5, 5.41) is 7.83. The highest BCUT2D eigenvalue weighted by Gasteiger charge is 2.22. The van der Waals surface area contributed by atoms with E-state index in [0.29, 0.717) is 0 Å². The second-order valence-electron chi connectivity index (χ2n) is 4.30. The fraction of sp³-hybridized carbons (Fsp3) is 0.429. The molecule has 0 aliphatic carbocycles. The quantitative estimate of drug-likeness (QED) is 0.849. The predicted molar refractivity (Wildman–Crippen MR) is 72.2 cm³/mol. The summed E-state index contributed by atoms with van der Waals surface area (Å²) < 4.78 is 1.94. The lowest BCUT2D eigenvalue weighted by Gasteiger charge is -2.27. The van der Waals surface area contributed by atoms with Gasteiger partial charge in [0.2, 0.25) is 0 Å². The van der Waals surface area contributed by atoms with Gasteiger partial charge in [-0.25, -0.2) is 9.67 Å². The Morgan fingerprint density at radius 3 is 2.56 bits per heavy atom. The first-order valence-electron chi connectivity index (χ1n) is 6.49. The average molecular weight is 244 g/mol. The third kappa shape index (κ3) is 2.76. The van der Waals surface area contributed by atoms with Gasteiger partial charge in [-0.15, -0.1) is 0 Å². The van der Waals surface area contributed by atoms with Crippen molar-refractivity contribution in [2.75, 3.05) is 6.54 Å². The third-order valence-electron chi connectivity index (χ3n) is 3.16. The van der Waals surface area contributed by atoms with E-state index >= 15 is 0 Å². The number of nitrogens with one attached hydrogen (secondary N) is 1. The second-order valence-corrected chi connectivity index (χ2v) is 4.30. The number of nitrogens with zero attached hydrogens (tertiary/aromatic N) is 3. The zero-order valence-electron chi connectivity index (χ0n) is 11.0. The van der Waals surface area contributed by atoms with E-state index in [1.54, 1.807) is 12.7 Å². The Hall–Kier alpha value is -1.68. The van der Waals surface area contributed by atoms with Crippen molar-refractivity contribution >= 4 is 0 Å². The fourth-order valence-corrected chi connectivity index (χ4v) is 2.32. The molecule has 1 N–H and O–H groups in total. The van der Waals surface area contributed by atoms with Gasteiger partial charge in [0.1, 0.15) is 12.7 Å². The summed E-state index contributed by atoms with van der Waals surface area (Å²) in [4.78, 5) is 4.05. The van der Waals surface area contributed by atoms with Gasteiger partial charge in [0.15, 0.2) is 0 Å². The summed E-state index contributed by atoms with van der Waals surface area (Å²) in [6.07, 6.45) is 4.40. The number of aromatic nitrogens is 3. The molecule has 4 nitrogen and oxygen atoms in total. The molecule has 0 aliphatic heterocycles. The van der Waals surface area contributed by atoms with Crippen LogP contribution in [-0.4, -0.2) is 21.3 Å². The molecule has 96 valence electrons. The maximum absolute atomic E-state index is 4.28. The number of hydrogen-bond acceptors (Lipinski definition) is 3. The number of rotatable bonds is 6. The van der Waals surface area contributed by atoms with Crippen molar-refractivity contribution in [2.24, 2.45) is 0 Å². The summed E-state index contributed by atoms with van der Waals surface area (Å²) in [7, 11) is 0. The van der Waals surface area contributed by atoms with Gasteiger partial charge >= 0.3 is 0 Å². The van der Waals surface area contributed by atoms with Crippen LogP contribution in [0.3, 0.4) is 0 Å². The van der Waals surface area contributed by atoms with Gasteiger partial charge in [0.05, 0.1) is 12.1 Å². The molecule has 2 unspecified atom stereocenters. The molecule has 0 radical (unpaired) electrons. The minimum Gasteiger partial charge on any atom is -0.308 e. The Labute approximate surface area is 108 Å². The summed E-state index contributed by atoms with van der Waals surface area (Å²) in [6, 6.07) is 11.1. The molecule has 0 aliphatic rings. The molecular formula is C14H20N4. The molecule has 2 aromatic rings. The summed E-state index contributed by atoms with van der Waals surface area (Å²) >= 11 is 0. The van der Waals surface area contributed by atoms with Gasteiger partial charge < -0.3 is 5.32 Å². The largest absolute Gasteiger partial charge is 0.308 e. The highest BCUT2D eigenvalue weighted by molar-refractivity contribution is 5.20. The molecular weight excluding hydrogens is 224 g/mol. The minimum absolute atomic E-state index is 0.267. The highest BCUT2D eigenvalue weighted by atomic mass is 15.3. The number of likely N-dealkylation sites (N-methyl/N-ethyl adjacent to an activating group) is 1. The molecule has 0 spiro atoms. The van der Waals surface area contributed by atoms with E-state index in [0.717, 1.165) is 13.0 Å². The van der Waals surface area contributed by atoms with Crippen LogP contribution >= 0.6 is 0 Å². The molecule has 1 aromatic carbocycles. The van der Waals surface area contributed by atoms with Crippen molar-refractivity contribution in [1.82, 2.24) is 20.1 Å². The smallest absolute Gasteiger partial charge is 0.137 e. The number of benzene rings is 1. The molecule has 1 heterocycles. The van der Waals surface area contributed by atoms with Crippen molar-refractivity contribution < 1.29 is 0 Å². The maximum Gasteiger partial charge on any atom is 0.137 e. The van der Waals surface area contributed by atoms with Crippen molar-refractivity contribution in [1.29, 1.82) is 0 Å². The minimum atomic E-state index is 0.267. The first-order chi connectivity index (χ1) is 8.86. The van der Waals surface area contributed by atoms with Crippen LogP contribution in [0.2, 0.25) is 0 Å². The van der Waals surface area contributed by atoms with Gasteiger partial charge in [-0.1, -0.05) is 44.2 Å². The Bertz CT molecular complexity index is 438. The molecule has 1 aromatic heterocycles. The van der Waals surface area contributed by atoms with E-state index in [4.69, 9.17) is 0 Å². The van der Waals surface area contributed by atoms with Crippen molar-refractivity contribution in [3.8, 4) is 0 Å². The summed E-state index contributed by atoms with van der Waals surface area (Å²) in [5.74, 6) is 0. The van der Waals surface area contributed by atoms with E-state index in [-0.39, 0.29) is 12.1 Å². The highest BCUT2D eigenvalue weighted by Crippen LogP contribution is 2.28. The molecule has 0 amide bonds. The summed E-state index contributed by atoms with van der Waals surface area (Å²) in [6.45, 7) is 5.24. The standard InChI is InChI=1S/C14H20N4/c1-3-13(18-11-15-10-17-18)14(16-4-2)12-8-6-5-7-9-12/h5-11,13-14,16H,3-4H2,1-2H3. The van der Waals surface area contributed by atoms with Gasteiger partial charge in [-0.05, 0) is 18.5 Å². The molecule has 18 heavy (non-hydrogen) atoms. The molecule has 0 saturated carbocycles. The van der Waals surface area contributed by atoms with Crippen LogP contribution in [0.25, 0.3) is 0 Å². The SMILES string of the molecule is CCNC(c1ccccc1)C(CC)n1cncn1. The first kappa shape index (κ1) is 12.8. The van der Waals surface area contributed by atoms with Gasteiger partial charge in [-0.3, -0.25) is 0 Å². The molecule has 0 bridgehead atoms. The zero-order chi connectivity index (χ0) is 12.8. The van der Waals surface area contributed by atoms with Gasteiger partial charge in [0, 0.05) is 0 Å². The summed E-state index contributed by atoms with van der Waals surface area (Å²) in [5.41, 5.74) is 1.29. The van der Waals surface area contributed by atoms with Crippen molar-refractivity contribution in [3.63, 3.8) is 0 Å². The zero-order valence-corrected chi connectivity index (χ0v) is 11.0. The fourth-order valence-electron chi connectivity index (χ4n) is 2.32. The lowest BCUT2D eigenvalue weighted by Crippen LogP contribution is -2.30. The van der Waals surface area contributed by atoms with Crippen LogP contribution in [0.4, 0.5) is 0 Å². The van der Waals surface area contributed by atoms with Gasteiger partial charge in [-0.2, -0.15) is 5.10 Å². The number of hydrogen-bond donors (Lipinski definition) is 1. The van der Waals surface area contributed by atoms with E-state index in [9.17, 15) is 0 Å². The predicted octanol–water partition coefficient (Wildman–Crippen LogP) is 2.58. The van der Waals surface area contributed by atoms with Crippen LogP contribution in [-0.2, 0) is 0 Å². The van der Waals surface area contributed by atoms with Crippen LogP contribution in [0.5, 0.6) is 0 Å². The topological polar surface area (TPSA) is 42.7 Å². The molecule has 2 rings (SSSR count). The lowest BCUT2D eigenvalue weighted by molar-refractivity contribution is 0.325. The third-order valence-corrected chi connectivity index (χ3v) is 3.16. The van der Waals surface area contributed by atoms with Crippen LogP contribution in [0, 0.1) is 0 Å². The molecule has 0 fully saturated rings. The van der Waals surface area contributed by atoms with E-state index in [2.05, 4.69) is 53.5 Å². The molecule has 4 heteroatoms. The lowest BCUT2D eigenvalue weighted by atomic mass is 9.97. The first-order valence-corrected chi connectivity index (χ1v) is 6.49. The Kier molecular flexibility index (Phi) is 4.47. The normalized spacial score (nSPS) is 14.3. The Morgan fingerprint density at radius 1 is 1.22 bits per heavy atom. The average Bonchev–Trinajstić information content (AvgIpc) is 2.94. The molecule has 2 atom stereocenters. The van der Waals surface area contributed by atoms with Crippen LogP contribution in [0.1, 0.15) is 37.9 Å². The van der Waals surface area contributed by atoms with Gasteiger partial charge in [0.25, 0.3) is 0 Å². The van der Waals surface area contributed by atoms with E-state index in [1.165, 1.54) is 5.56 Å². The maximum atomic E-state index is 4.28. The monoisotopic (exact) mass is 244 g/mol. The Balaban J connectivity index is 2.28. The van der Waals surface area contributed by atoms with Crippen molar-refractivity contribution in [2.45, 2.75) is 32.4 Å². The van der Waals surface area contributed by atoms with E-state index in [1.807, 2.05) is 10.7 Å². The second kappa shape index (κ2) is 6.31. The van der Waals surface area contributed by atoms with Crippen molar-refractivity contribution in [3.05, 3.63) is 48.5 Å². The Morgan fingerprint density at radius 2 is 2.00 bits per heavy atom. The molecule has 0 saturated heterocycles.